The van der Waals surface area contributed by atoms with E-state index in [0.717, 1.165) is 11.4 Å². The predicted octanol–water partition coefficient (Wildman–Crippen LogP) is 1.17. The first-order valence-electron chi connectivity index (χ1n) is 2.59. The molecular weight excluding hydrogens is 100 g/mol. The highest BCUT2D eigenvalue weighted by molar-refractivity contribution is 6.40. The van der Waals surface area contributed by atoms with E-state index in [1.165, 1.54) is 0 Å². The fraction of sp³-hybridized carbons (Fsp3) is 0.667. The first kappa shape index (κ1) is 7.34. The third kappa shape index (κ3) is 1.87. The smallest absolute Gasteiger partial charge is 0.0520 e. The van der Waals surface area contributed by atoms with Crippen molar-refractivity contribution in [3.8, 4) is 0 Å². The summed E-state index contributed by atoms with van der Waals surface area (Å²) in [5.74, 6) is 0. The summed E-state index contributed by atoms with van der Waals surface area (Å²) < 4.78 is 0. The van der Waals surface area contributed by atoms with Gasteiger partial charge in [0.2, 0.25) is 0 Å². The van der Waals surface area contributed by atoms with Gasteiger partial charge in [0.25, 0.3) is 0 Å². The number of rotatable bonds is 1. The van der Waals surface area contributed by atoms with E-state index in [1.807, 2.05) is 13.8 Å². The maximum atomic E-state index is 3.95. The van der Waals surface area contributed by atoms with E-state index < -0.39 is 0 Å². The first-order chi connectivity index (χ1) is 3.72. The Hall–Kier alpha value is -0.660. The summed E-state index contributed by atoms with van der Waals surface area (Å²) in [6, 6.07) is 0. The van der Waals surface area contributed by atoms with Crippen molar-refractivity contribution in [1.82, 2.24) is 0 Å². The molecule has 0 aliphatic carbocycles. The zero-order chi connectivity index (χ0) is 6.57. The van der Waals surface area contributed by atoms with Crippen LogP contribution in [0.3, 0.4) is 0 Å². The second-order valence-electron chi connectivity index (χ2n) is 1.62. The summed E-state index contributed by atoms with van der Waals surface area (Å²) in [7, 11) is 3.54. The zero-order valence-corrected chi connectivity index (χ0v) is 5.89. The van der Waals surface area contributed by atoms with Crippen molar-refractivity contribution in [2.75, 3.05) is 14.1 Å². The summed E-state index contributed by atoms with van der Waals surface area (Å²) in [5.41, 5.74) is 2.01. The van der Waals surface area contributed by atoms with Gasteiger partial charge < -0.3 is 0 Å². The molecule has 0 unspecified atom stereocenters. The van der Waals surface area contributed by atoms with Gasteiger partial charge in [-0.05, 0) is 13.8 Å². The van der Waals surface area contributed by atoms with Gasteiger partial charge in [-0.1, -0.05) is 0 Å². The highest BCUT2D eigenvalue weighted by Crippen LogP contribution is 1.79. The summed E-state index contributed by atoms with van der Waals surface area (Å²) in [6.07, 6.45) is 0. The quantitative estimate of drug-likeness (QED) is 0.455. The van der Waals surface area contributed by atoms with Crippen LogP contribution in [0.25, 0.3) is 0 Å². The molecule has 0 spiro atoms. The second-order valence-corrected chi connectivity index (χ2v) is 1.62. The number of hydrogen-bond donors (Lipinski definition) is 0. The van der Waals surface area contributed by atoms with Crippen molar-refractivity contribution in [3.05, 3.63) is 0 Å². The van der Waals surface area contributed by atoms with Crippen molar-refractivity contribution in [3.63, 3.8) is 0 Å². The summed E-state index contributed by atoms with van der Waals surface area (Å²) >= 11 is 0. The molecule has 8 heavy (non-hydrogen) atoms. The molecule has 0 aromatic rings. The van der Waals surface area contributed by atoms with E-state index in [9.17, 15) is 0 Å². The molecule has 2 heteroatoms. The van der Waals surface area contributed by atoms with Crippen LogP contribution in [0.5, 0.6) is 0 Å². The monoisotopic (exact) mass is 112 g/mol. The molecule has 0 fully saturated rings. The van der Waals surface area contributed by atoms with E-state index in [0.29, 0.717) is 0 Å². The van der Waals surface area contributed by atoms with Gasteiger partial charge in [-0.2, -0.15) is 0 Å². The van der Waals surface area contributed by atoms with Crippen LogP contribution in [0.4, 0.5) is 0 Å². The fourth-order valence-electron chi connectivity index (χ4n) is 0.324. The lowest BCUT2D eigenvalue weighted by atomic mass is 10.3. The molecule has 0 amide bonds. The third-order valence-electron chi connectivity index (χ3n) is 1.19. The van der Waals surface area contributed by atoms with Gasteiger partial charge in [0.15, 0.2) is 0 Å². The van der Waals surface area contributed by atoms with E-state index in [-0.39, 0.29) is 0 Å². The number of aliphatic imine (C=N–C) groups is 2. The minimum atomic E-state index is 1.01. The van der Waals surface area contributed by atoms with Crippen molar-refractivity contribution < 1.29 is 0 Å². The third-order valence-corrected chi connectivity index (χ3v) is 1.19. The zero-order valence-electron chi connectivity index (χ0n) is 5.89. The Bertz CT molecular complexity index is 106. The molecule has 0 aliphatic heterocycles. The maximum Gasteiger partial charge on any atom is 0.0520 e. The lowest BCUT2D eigenvalue weighted by Crippen LogP contribution is -2.03. The van der Waals surface area contributed by atoms with Gasteiger partial charge in [0.1, 0.15) is 0 Å². The normalized spacial score (nSPS) is 14.5. The lowest BCUT2D eigenvalue weighted by molar-refractivity contribution is 1.40. The van der Waals surface area contributed by atoms with E-state index in [2.05, 4.69) is 9.98 Å². The maximum absolute atomic E-state index is 3.95. The van der Waals surface area contributed by atoms with Crippen molar-refractivity contribution in [2.45, 2.75) is 13.8 Å². The molecule has 0 radical (unpaired) electrons. The van der Waals surface area contributed by atoms with Crippen LogP contribution in [0.1, 0.15) is 13.8 Å². The molecule has 0 aromatic heterocycles. The largest absolute Gasteiger partial charge is 0.292 e. The summed E-state index contributed by atoms with van der Waals surface area (Å²) in [4.78, 5) is 7.89. The molecule has 0 aliphatic rings. The summed E-state index contributed by atoms with van der Waals surface area (Å²) in [6.45, 7) is 3.89. The Morgan fingerprint density at radius 1 is 0.875 bits per heavy atom. The molecule has 0 N–H and O–H groups in total. The van der Waals surface area contributed by atoms with Crippen LogP contribution in [0, 0.1) is 0 Å². The van der Waals surface area contributed by atoms with Gasteiger partial charge in [-0.15, -0.1) is 0 Å². The van der Waals surface area contributed by atoms with E-state index >= 15 is 0 Å². The molecule has 0 atom stereocenters. The van der Waals surface area contributed by atoms with Crippen molar-refractivity contribution >= 4 is 11.4 Å². The van der Waals surface area contributed by atoms with Crippen LogP contribution in [0.2, 0.25) is 0 Å². The standard InChI is InChI=1S/C6H12N2/c1-5(7-3)6(2)8-4/h1-4H3/b7-5+,8-6+. The Morgan fingerprint density at radius 3 is 1.25 bits per heavy atom. The molecule has 0 aromatic carbocycles. The minimum absolute atomic E-state index is 1.01. The van der Waals surface area contributed by atoms with Crippen molar-refractivity contribution in [2.24, 2.45) is 9.98 Å². The Kier molecular flexibility index (Phi) is 3.08. The van der Waals surface area contributed by atoms with Crippen LogP contribution in [0.15, 0.2) is 9.98 Å². The lowest BCUT2D eigenvalue weighted by Gasteiger charge is -1.92. The van der Waals surface area contributed by atoms with Gasteiger partial charge in [0.05, 0.1) is 11.4 Å². The number of hydrogen-bond acceptors (Lipinski definition) is 2. The first-order valence-corrected chi connectivity index (χ1v) is 2.59. The molecule has 0 bridgehead atoms. The van der Waals surface area contributed by atoms with Crippen LogP contribution in [-0.2, 0) is 0 Å². The molecular formula is C6H12N2. The van der Waals surface area contributed by atoms with Crippen molar-refractivity contribution in [1.29, 1.82) is 0 Å². The molecule has 0 rings (SSSR count). The average Bonchev–Trinajstić information content (AvgIpc) is 1.84. The molecule has 46 valence electrons. The van der Waals surface area contributed by atoms with Gasteiger partial charge >= 0.3 is 0 Å². The van der Waals surface area contributed by atoms with Gasteiger partial charge in [0, 0.05) is 14.1 Å². The van der Waals surface area contributed by atoms with Gasteiger partial charge in [-0.3, -0.25) is 9.98 Å². The molecule has 0 heterocycles. The molecule has 0 saturated heterocycles. The Morgan fingerprint density at radius 2 is 1.12 bits per heavy atom. The number of nitrogens with zero attached hydrogens (tertiary/aromatic N) is 2. The molecule has 2 nitrogen and oxygen atoms in total. The van der Waals surface area contributed by atoms with Crippen LogP contribution in [-0.4, -0.2) is 25.5 Å². The Balaban J connectivity index is 4.04. The molecule has 0 saturated carbocycles. The average molecular weight is 112 g/mol. The van der Waals surface area contributed by atoms with Crippen LogP contribution < -0.4 is 0 Å². The SMILES string of the molecule is C/N=C(C)/C(C)=N/C. The Labute approximate surface area is 50.4 Å². The minimum Gasteiger partial charge on any atom is -0.292 e. The van der Waals surface area contributed by atoms with E-state index in [4.69, 9.17) is 0 Å². The van der Waals surface area contributed by atoms with Crippen LogP contribution >= 0.6 is 0 Å². The second kappa shape index (κ2) is 3.36. The van der Waals surface area contributed by atoms with E-state index in [1.54, 1.807) is 14.1 Å². The highest BCUT2D eigenvalue weighted by atomic mass is 14.7. The topological polar surface area (TPSA) is 24.7 Å². The predicted molar refractivity (Wildman–Crippen MR) is 38.1 cm³/mol. The summed E-state index contributed by atoms with van der Waals surface area (Å²) in [5, 5.41) is 0. The van der Waals surface area contributed by atoms with Gasteiger partial charge in [-0.25, -0.2) is 0 Å². The fourth-order valence-corrected chi connectivity index (χ4v) is 0.324. The highest BCUT2D eigenvalue weighted by Gasteiger charge is 1.89.